The van der Waals surface area contributed by atoms with Crippen LogP contribution in [-0.2, 0) is 6.54 Å². The zero-order valence-corrected chi connectivity index (χ0v) is 18.1. The molecule has 4 nitrogen and oxygen atoms in total. The topological polar surface area (TPSA) is 44.8 Å². The first-order valence-electron chi connectivity index (χ1n) is 10.8. The van der Waals surface area contributed by atoms with Crippen molar-refractivity contribution in [1.29, 1.82) is 0 Å². The minimum atomic E-state index is 0.462. The van der Waals surface area contributed by atoms with E-state index < -0.39 is 0 Å². The number of aromatic amines is 1. The number of pyridine rings is 1. The maximum Gasteiger partial charge on any atom is 0.100 e. The molecule has 5 heteroatoms. The summed E-state index contributed by atoms with van der Waals surface area (Å²) in [6.07, 6.45) is 5.93. The minimum absolute atomic E-state index is 0.462. The van der Waals surface area contributed by atoms with Crippen LogP contribution in [0.4, 0.5) is 0 Å². The Balaban J connectivity index is 1.41. The van der Waals surface area contributed by atoms with Crippen molar-refractivity contribution >= 4 is 11.6 Å². The summed E-state index contributed by atoms with van der Waals surface area (Å²) in [7, 11) is 0. The fraction of sp³-hybridized carbons (Fsp3) is 0.231. The first kappa shape index (κ1) is 20.0. The highest BCUT2D eigenvalue weighted by Gasteiger charge is 2.27. The normalized spacial score (nSPS) is 15.3. The molecule has 1 N–H and O–H groups in total. The van der Waals surface area contributed by atoms with E-state index in [4.69, 9.17) is 16.7 Å². The van der Waals surface area contributed by atoms with Gasteiger partial charge in [0, 0.05) is 46.7 Å². The summed E-state index contributed by atoms with van der Waals surface area (Å²) >= 11 is 6.11. The van der Waals surface area contributed by atoms with E-state index >= 15 is 0 Å². The summed E-state index contributed by atoms with van der Waals surface area (Å²) in [5.74, 6) is 0.462. The highest BCUT2D eigenvalue weighted by molar-refractivity contribution is 6.30. The molecule has 1 fully saturated rings. The maximum atomic E-state index is 6.11. The molecule has 0 bridgehead atoms. The molecule has 0 saturated carbocycles. The van der Waals surface area contributed by atoms with Gasteiger partial charge in [-0.05, 0) is 61.3 Å². The number of rotatable bonds is 5. The van der Waals surface area contributed by atoms with Gasteiger partial charge in [0.15, 0.2) is 0 Å². The Labute approximate surface area is 187 Å². The van der Waals surface area contributed by atoms with E-state index in [1.165, 1.54) is 16.8 Å². The second kappa shape index (κ2) is 9.04. The molecule has 0 spiro atoms. The number of nitrogens with one attached hydrogen (secondary N) is 1. The minimum Gasteiger partial charge on any atom is -0.299 e. The van der Waals surface area contributed by atoms with E-state index in [0.29, 0.717) is 5.92 Å². The van der Waals surface area contributed by atoms with Crippen LogP contribution < -0.4 is 0 Å². The fourth-order valence-electron chi connectivity index (χ4n) is 4.50. The van der Waals surface area contributed by atoms with E-state index in [1.54, 1.807) is 0 Å². The molecule has 0 aliphatic carbocycles. The molecular weight excluding hydrogens is 404 g/mol. The van der Waals surface area contributed by atoms with E-state index in [9.17, 15) is 0 Å². The number of hydrogen-bond acceptors (Lipinski definition) is 3. The van der Waals surface area contributed by atoms with Gasteiger partial charge >= 0.3 is 0 Å². The molecule has 2 aromatic carbocycles. The van der Waals surface area contributed by atoms with Crippen molar-refractivity contribution in [3.05, 3.63) is 95.4 Å². The first-order valence-corrected chi connectivity index (χ1v) is 11.2. The number of piperidine rings is 1. The molecular formula is C26H25ClN4. The summed E-state index contributed by atoms with van der Waals surface area (Å²) in [6.45, 7) is 3.19. The molecule has 2 aromatic heterocycles. The van der Waals surface area contributed by atoms with Gasteiger partial charge in [0.2, 0.25) is 0 Å². The van der Waals surface area contributed by atoms with Gasteiger partial charge < -0.3 is 0 Å². The van der Waals surface area contributed by atoms with E-state index in [0.717, 1.165) is 54.3 Å². The number of benzene rings is 2. The molecule has 1 aliphatic heterocycles. The van der Waals surface area contributed by atoms with Crippen molar-refractivity contribution < 1.29 is 0 Å². The molecule has 4 aromatic rings. The predicted molar refractivity (Wildman–Crippen MR) is 126 cm³/mol. The summed E-state index contributed by atoms with van der Waals surface area (Å²) in [5, 5.41) is 8.88. The van der Waals surface area contributed by atoms with Gasteiger partial charge in [-0.3, -0.25) is 15.0 Å². The molecule has 1 saturated heterocycles. The van der Waals surface area contributed by atoms with E-state index in [2.05, 4.69) is 57.4 Å². The third-order valence-corrected chi connectivity index (χ3v) is 6.38. The lowest BCUT2D eigenvalue weighted by Crippen LogP contribution is -2.32. The standard InChI is InChI=1S/C26H25ClN4/c27-23-8-6-21(7-9-23)25-24(20-10-14-28-15-11-20)26(30-29-25)22-12-16-31(17-13-22)18-19-4-2-1-3-5-19/h1-11,14-15,22H,12-13,16-18H2,(H,29,30). The number of H-pyrrole nitrogens is 1. The van der Waals surface area contributed by atoms with E-state index in [-0.39, 0.29) is 0 Å². The summed E-state index contributed by atoms with van der Waals surface area (Å²) in [5.41, 5.74) is 6.99. The number of halogens is 1. The summed E-state index contributed by atoms with van der Waals surface area (Å²) in [6, 6.07) is 22.8. The number of likely N-dealkylation sites (tertiary alicyclic amines) is 1. The van der Waals surface area contributed by atoms with Gasteiger partial charge in [0.25, 0.3) is 0 Å². The molecule has 0 unspecified atom stereocenters. The van der Waals surface area contributed by atoms with Crippen LogP contribution in [0.3, 0.4) is 0 Å². The number of nitrogens with zero attached hydrogens (tertiary/aromatic N) is 3. The second-order valence-electron chi connectivity index (χ2n) is 8.14. The summed E-state index contributed by atoms with van der Waals surface area (Å²) < 4.78 is 0. The third-order valence-electron chi connectivity index (χ3n) is 6.13. The third kappa shape index (κ3) is 4.41. The molecule has 0 amide bonds. The van der Waals surface area contributed by atoms with Crippen LogP contribution in [0, 0.1) is 0 Å². The smallest absolute Gasteiger partial charge is 0.100 e. The molecule has 0 radical (unpaired) electrons. The van der Waals surface area contributed by atoms with Crippen LogP contribution in [0.15, 0.2) is 79.1 Å². The van der Waals surface area contributed by atoms with Crippen LogP contribution in [0.2, 0.25) is 5.02 Å². The lowest BCUT2D eigenvalue weighted by Gasteiger charge is -2.32. The zero-order valence-electron chi connectivity index (χ0n) is 17.3. The molecule has 31 heavy (non-hydrogen) atoms. The average Bonchev–Trinajstić information content (AvgIpc) is 3.26. The number of hydrogen-bond donors (Lipinski definition) is 1. The largest absolute Gasteiger partial charge is 0.299 e. The molecule has 0 atom stereocenters. The van der Waals surface area contributed by atoms with Gasteiger partial charge in [-0.25, -0.2) is 0 Å². The van der Waals surface area contributed by atoms with Crippen LogP contribution in [0.5, 0.6) is 0 Å². The monoisotopic (exact) mass is 428 g/mol. The van der Waals surface area contributed by atoms with Crippen molar-refractivity contribution in [2.24, 2.45) is 0 Å². The quantitative estimate of drug-likeness (QED) is 0.413. The number of aromatic nitrogens is 3. The Morgan fingerprint density at radius 1 is 0.871 bits per heavy atom. The average molecular weight is 429 g/mol. The Morgan fingerprint density at radius 3 is 2.29 bits per heavy atom. The summed E-state index contributed by atoms with van der Waals surface area (Å²) in [4.78, 5) is 6.76. The van der Waals surface area contributed by atoms with Crippen LogP contribution in [0.25, 0.3) is 22.4 Å². The van der Waals surface area contributed by atoms with Gasteiger partial charge in [0.05, 0.1) is 0 Å². The zero-order chi connectivity index (χ0) is 21.0. The van der Waals surface area contributed by atoms with Crippen LogP contribution in [-0.4, -0.2) is 33.2 Å². The molecule has 3 heterocycles. The van der Waals surface area contributed by atoms with Gasteiger partial charge in [-0.1, -0.05) is 54.1 Å². The SMILES string of the molecule is Clc1ccc(-c2n[nH]c(C3CCN(Cc4ccccc4)CC3)c2-c2ccncc2)cc1. The van der Waals surface area contributed by atoms with Gasteiger partial charge in [0.1, 0.15) is 5.69 Å². The Morgan fingerprint density at radius 2 is 1.58 bits per heavy atom. The van der Waals surface area contributed by atoms with Crippen molar-refractivity contribution in [1.82, 2.24) is 20.1 Å². The van der Waals surface area contributed by atoms with Gasteiger partial charge in [-0.2, -0.15) is 5.10 Å². The first-order chi connectivity index (χ1) is 15.3. The van der Waals surface area contributed by atoms with Crippen molar-refractivity contribution in [2.75, 3.05) is 13.1 Å². The van der Waals surface area contributed by atoms with Crippen molar-refractivity contribution in [3.63, 3.8) is 0 Å². The van der Waals surface area contributed by atoms with Crippen molar-refractivity contribution in [2.45, 2.75) is 25.3 Å². The Kier molecular flexibility index (Phi) is 5.83. The van der Waals surface area contributed by atoms with Crippen LogP contribution in [0.1, 0.15) is 30.0 Å². The van der Waals surface area contributed by atoms with Gasteiger partial charge in [-0.15, -0.1) is 0 Å². The maximum absolute atomic E-state index is 6.11. The highest BCUT2D eigenvalue weighted by Crippen LogP contribution is 2.40. The Bertz CT molecular complexity index is 1120. The second-order valence-corrected chi connectivity index (χ2v) is 8.58. The van der Waals surface area contributed by atoms with Crippen LogP contribution >= 0.6 is 11.6 Å². The van der Waals surface area contributed by atoms with E-state index in [1.807, 2.05) is 36.7 Å². The predicted octanol–water partition coefficient (Wildman–Crippen LogP) is 6.17. The lowest BCUT2D eigenvalue weighted by atomic mass is 9.87. The lowest BCUT2D eigenvalue weighted by molar-refractivity contribution is 0.203. The molecule has 156 valence electrons. The molecule has 5 rings (SSSR count). The Hall–Kier alpha value is -2.95. The fourth-order valence-corrected chi connectivity index (χ4v) is 4.63. The van der Waals surface area contributed by atoms with Crippen molar-refractivity contribution in [3.8, 4) is 22.4 Å². The highest BCUT2D eigenvalue weighted by atomic mass is 35.5. The molecule has 1 aliphatic rings.